The Bertz CT molecular complexity index is 2590. The van der Waals surface area contributed by atoms with Gasteiger partial charge >= 0.3 is 0 Å². The number of benzene rings is 2. The molecule has 1 aliphatic carbocycles. The predicted octanol–water partition coefficient (Wildman–Crippen LogP) is 3.68. The van der Waals surface area contributed by atoms with Crippen molar-refractivity contribution in [2.24, 2.45) is 0 Å². The van der Waals surface area contributed by atoms with E-state index in [1.165, 1.54) is 18.5 Å². The standard InChI is InChI=1S/C33H26N10O4S/c1-48(46,47)40-26-16-27-24(15-20(26)17-44)33(45)41(18-36-27)28-9-5-19-14-21(6-7-22(19)28)43-31(23-4-2-11-35-30(23)34)38-25-8-10-29(39-32(25)43)42-13-3-12-37-42/h2-4,6-8,10-18,28,40H,5,9H2,1H3,(H2,34,35). The third-order valence-corrected chi connectivity index (χ3v) is 9.04. The quantitative estimate of drug-likeness (QED) is 0.239. The van der Waals surface area contributed by atoms with Crippen LogP contribution in [0.15, 0.2) is 90.4 Å². The van der Waals surface area contributed by atoms with E-state index < -0.39 is 10.0 Å². The summed E-state index contributed by atoms with van der Waals surface area (Å²) in [5.41, 5.74) is 11.1. The van der Waals surface area contributed by atoms with E-state index >= 15 is 0 Å². The van der Waals surface area contributed by atoms with Gasteiger partial charge in [0.15, 0.2) is 23.6 Å². The van der Waals surface area contributed by atoms with Gasteiger partial charge in [0.1, 0.15) is 11.3 Å². The molecule has 15 heteroatoms. The van der Waals surface area contributed by atoms with Crippen LogP contribution in [-0.2, 0) is 16.4 Å². The maximum atomic E-state index is 13.8. The molecule has 5 heterocycles. The maximum Gasteiger partial charge on any atom is 0.261 e. The number of hydrogen-bond acceptors (Lipinski definition) is 10. The molecule has 0 saturated heterocycles. The number of hydrogen-bond donors (Lipinski definition) is 2. The van der Waals surface area contributed by atoms with Crippen LogP contribution in [0.25, 0.3) is 45.0 Å². The fraction of sp³-hybridized carbons (Fsp3) is 0.121. The molecule has 2 aromatic carbocycles. The number of nitrogens with two attached hydrogens (primary N) is 1. The molecule has 0 spiro atoms. The van der Waals surface area contributed by atoms with Crippen LogP contribution >= 0.6 is 0 Å². The van der Waals surface area contributed by atoms with Crippen LogP contribution < -0.4 is 16.0 Å². The molecule has 8 rings (SSSR count). The summed E-state index contributed by atoms with van der Waals surface area (Å²) in [5.74, 6) is 1.55. The Morgan fingerprint density at radius 2 is 1.88 bits per heavy atom. The van der Waals surface area contributed by atoms with Gasteiger partial charge in [0.25, 0.3) is 5.56 Å². The number of carbonyl (C=O) groups excluding carboxylic acids is 1. The van der Waals surface area contributed by atoms with Crippen molar-refractivity contribution in [3.63, 3.8) is 0 Å². The summed E-state index contributed by atoms with van der Waals surface area (Å²) in [4.78, 5) is 44.2. The van der Waals surface area contributed by atoms with Crippen LogP contribution in [0, 0.1) is 0 Å². The molecule has 48 heavy (non-hydrogen) atoms. The minimum absolute atomic E-state index is 0.0444. The first-order chi connectivity index (χ1) is 23.2. The van der Waals surface area contributed by atoms with E-state index in [0.29, 0.717) is 53.3 Å². The van der Waals surface area contributed by atoms with Gasteiger partial charge in [-0.3, -0.25) is 23.4 Å². The zero-order valence-corrected chi connectivity index (χ0v) is 26.2. The first kappa shape index (κ1) is 29.2. The summed E-state index contributed by atoms with van der Waals surface area (Å²) in [6, 6.07) is 17.7. The van der Waals surface area contributed by atoms with Crippen LogP contribution in [0.4, 0.5) is 11.5 Å². The summed E-state index contributed by atoms with van der Waals surface area (Å²) >= 11 is 0. The van der Waals surface area contributed by atoms with E-state index in [1.54, 1.807) is 21.6 Å². The number of nitrogens with one attached hydrogen (secondary N) is 1. The van der Waals surface area contributed by atoms with Crippen LogP contribution in [0.3, 0.4) is 0 Å². The van der Waals surface area contributed by atoms with Gasteiger partial charge in [-0.25, -0.2) is 33.0 Å². The maximum absolute atomic E-state index is 13.8. The van der Waals surface area contributed by atoms with Gasteiger partial charge in [-0.2, -0.15) is 5.10 Å². The molecular weight excluding hydrogens is 632 g/mol. The first-order valence-electron chi connectivity index (χ1n) is 14.9. The van der Waals surface area contributed by atoms with Gasteiger partial charge < -0.3 is 5.73 Å². The van der Waals surface area contributed by atoms with Gasteiger partial charge in [0.2, 0.25) is 10.0 Å². The monoisotopic (exact) mass is 658 g/mol. The smallest absolute Gasteiger partial charge is 0.261 e. The highest BCUT2D eigenvalue weighted by atomic mass is 32.2. The van der Waals surface area contributed by atoms with Gasteiger partial charge in [-0.05, 0) is 78.6 Å². The third kappa shape index (κ3) is 4.87. The first-order valence-corrected chi connectivity index (χ1v) is 16.8. The molecular formula is C33H26N10O4S. The van der Waals surface area contributed by atoms with Crippen molar-refractivity contribution in [2.45, 2.75) is 18.9 Å². The van der Waals surface area contributed by atoms with Crippen LogP contribution in [0.2, 0.25) is 0 Å². The summed E-state index contributed by atoms with van der Waals surface area (Å²) in [5, 5.41) is 4.54. The minimum Gasteiger partial charge on any atom is -0.383 e. The highest BCUT2D eigenvalue weighted by Gasteiger charge is 2.27. The lowest BCUT2D eigenvalue weighted by Gasteiger charge is -2.17. The van der Waals surface area contributed by atoms with Crippen molar-refractivity contribution in [1.29, 1.82) is 0 Å². The van der Waals surface area contributed by atoms with E-state index in [2.05, 4.69) is 25.9 Å². The largest absolute Gasteiger partial charge is 0.383 e. The summed E-state index contributed by atoms with van der Waals surface area (Å²) in [6.07, 6.45) is 9.44. The summed E-state index contributed by atoms with van der Waals surface area (Å²) in [6.45, 7) is 0. The number of nitrogen functional groups attached to an aromatic ring is 1. The molecule has 0 aliphatic heterocycles. The van der Waals surface area contributed by atoms with E-state index in [1.807, 2.05) is 53.2 Å². The van der Waals surface area contributed by atoms with Gasteiger partial charge in [-0.1, -0.05) is 6.07 Å². The Morgan fingerprint density at radius 1 is 1.00 bits per heavy atom. The average Bonchev–Trinajstić information content (AvgIpc) is 3.83. The Labute approximate surface area is 272 Å². The van der Waals surface area contributed by atoms with E-state index in [4.69, 9.17) is 15.7 Å². The number of pyridine rings is 2. The number of anilines is 2. The van der Waals surface area contributed by atoms with E-state index in [9.17, 15) is 18.0 Å². The molecule has 238 valence electrons. The SMILES string of the molecule is CS(=O)(=O)Nc1cc2ncn(C3CCc4cc(-n5c(-c6cccnc6N)nc6ccc(-n7cccn7)nc65)ccc43)c(=O)c2cc1C=O. The number of aromatic nitrogens is 8. The molecule has 1 aliphatic rings. The lowest BCUT2D eigenvalue weighted by molar-refractivity contribution is 0.112. The molecule has 1 atom stereocenters. The topological polar surface area (TPSA) is 186 Å². The zero-order valence-electron chi connectivity index (χ0n) is 25.3. The molecule has 0 bridgehead atoms. The highest BCUT2D eigenvalue weighted by Crippen LogP contribution is 2.37. The Balaban J connectivity index is 1.24. The number of carbonyl (C=O) groups is 1. The van der Waals surface area contributed by atoms with Crippen molar-refractivity contribution in [3.05, 3.63) is 113 Å². The predicted molar refractivity (Wildman–Crippen MR) is 180 cm³/mol. The summed E-state index contributed by atoms with van der Waals surface area (Å²) < 4.78 is 31.2. The fourth-order valence-electron chi connectivity index (χ4n) is 6.33. The van der Waals surface area contributed by atoms with Crippen molar-refractivity contribution >= 4 is 49.9 Å². The number of sulfonamides is 1. The second-order valence-electron chi connectivity index (χ2n) is 11.5. The second kappa shape index (κ2) is 10.9. The van der Waals surface area contributed by atoms with Gasteiger partial charge in [-0.15, -0.1) is 0 Å². The Morgan fingerprint density at radius 3 is 2.65 bits per heavy atom. The summed E-state index contributed by atoms with van der Waals surface area (Å²) in [7, 11) is -3.65. The lowest BCUT2D eigenvalue weighted by Crippen LogP contribution is -2.25. The van der Waals surface area contributed by atoms with Crippen LogP contribution in [-0.4, -0.2) is 59.8 Å². The molecule has 3 N–H and O–H groups in total. The fourth-order valence-corrected chi connectivity index (χ4v) is 6.90. The van der Waals surface area contributed by atoms with Crippen molar-refractivity contribution < 1.29 is 13.2 Å². The number of rotatable bonds is 7. The number of nitrogens with zero attached hydrogens (tertiary/aromatic N) is 8. The molecule has 0 radical (unpaired) electrons. The van der Waals surface area contributed by atoms with Crippen molar-refractivity contribution in [3.8, 4) is 22.9 Å². The van der Waals surface area contributed by atoms with Gasteiger partial charge in [0, 0.05) is 29.8 Å². The minimum atomic E-state index is -3.65. The number of imidazole rings is 1. The third-order valence-electron chi connectivity index (χ3n) is 8.45. The Kier molecular flexibility index (Phi) is 6.66. The van der Waals surface area contributed by atoms with E-state index in [-0.39, 0.29) is 33.8 Å². The molecule has 7 aromatic rings. The average molecular weight is 659 g/mol. The van der Waals surface area contributed by atoms with Crippen LogP contribution in [0.1, 0.15) is 33.9 Å². The molecule has 0 fully saturated rings. The Hall–Kier alpha value is -6.22. The lowest BCUT2D eigenvalue weighted by atomic mass is 10.1. The molecule has 0 amide bonds. The molecule has 14 nitrogen and oxygen atoms in total. The molecule has 1 unspecified atom stereocenters. The normalized spacial score (nSPS) is 14.4. The number of aryl methyl sites for hydroxylation is 1. The number of aldehydes is 1. The van der Waals surface area contributed by atoms with Crippen LogP contribution in [0.5, 0.6) is 0 Å². The van der Waals surface area contributed by atoms with Crippen molar-refractivity contribution in [1.82, 2.24) is 38.9 Å². The van der Waals surface area contributed by atoms with E-state index in [0.717, 1.165) is 23.1 Å². The number of fused-ring (bicyclic) bond motifs is 3. The second-order valence-corrected chi connectivity index (χ2v) is 13.3. The molecule has 5 aromatic heterocycles. The van der Waals surface area contributed by atoms with Gasteiger partial charge in [0.05, 0.1) is 40.8 Å². The molecule has 0 saturated carbocycles. The highest BCUT2D eigenvalue weighted by molar-refractivity contribution is 7.92. The van der Waals surface area contributed by atoms with Crippen molar-refractivity contribution in [2.75, 3.05) is 16.7 Å². The zero-order chi connectivity index (χ0) is 33.2.